The summed E-state index contributed by atoms with van der Waals surface area (Å²) in [4.78, 5) is 40.8. The molecule has 1 aromatic heterocycles. The first-order valence-corrected chi connectivity index (χ1v) is 10.6. The van der Waals surface area contributed by atoms with Crippen LogP contribution in [0.4, 0.5) is 0 Å². The first-order valence-electron chi connectivity index (χ1n) is 10.6. The lowest BCUT2D eigenvalue weighted by atomic mass is 9.87. The summed E-state index contributed by atoms with van der Waals surface area (Å²) < 4.78 is 1.22. The Morgan fingerprint density at radius 1 is 1.07 bits per heavy atom. The first kappa shape index (κ1) is 20.1. The molecule has 0 atom stereocenters. The number of fused-ring (bicyclic) bond motifs is 1. The Morgan fingerprint density at radius 2 is 1.80 bits per heavy atom. The summed E-state index contributed by atoms with van der Waals surface area (Å²) in [6.07, 6.45) is 4.82. The minimum atomic E-state index is -0.456. The van der Waals surface area contributed by atoms with Crippen LogP contribution in [0.25, 0.3) is 10.9 Å². The summed E-state index contributed by atoms with van der Waals surface area (Å²) in [7, 11) is 0. The molecule has 2 aromatic carbocycles. The lowest BCUT2D eigenvalue weighted by Crippen LogP contribution is -2.37. The average molecular weight is 405 g/mol. The van der Waals surface area contributed by atoms with Gasteiger partial charge in [0, 0.05) is 18.2 Å². The number of nitrogens with one attached hydrogen (secondary N) is 2. The van der Waals surface area contributed by atoms with Gasteiger partial charge in [-0.15, -0.1) is 0 Å². The van der Waals surface area contributed by atoms with Crippen molar-refractivity contribution in [2.24, 2.45) is 5.92 Å². The maximum Gasteiger partial charge on any atom is 0.328 e. The number of aromatic nitrogens is 2. The molecule has 0 unspecified atom stereocenters. The van der Waals surface area contributed by atoms with E-state index in [-0.39, 0.29) is 17.5 Å². The van der Waals surface area contributed by atoms with Crippen LogP contribution >= 0.6 is 0 Å². The number of carbonyl (C=O) groups is 1. The van der Waals surface area contributed by atoms with Crippen molar-refractivity contribution < 1.29 is 4.79 Å². The fraction of sp³-hybridized carbons (Fsp3) is 0.375. The second kappa shape index (κ2) is 8.69. The topological polar surface area (TPSA) is 84.0 Å². The van der Waals surface area contributed by atoms with Gasteiger partial charge in [-0.05, 0) is 61.8 Å². The Hall–Kier alpha value is -3.15. The van der Waals surface area contributed by atoms with E-state index < -0.39 is 5.69 Å². The summed E-state index contributed by atoms with van der Waals surface area (Å²) >= 11 is 0. The van der Waals surface area contributed by atoms with Gasteiger partial charge in [-0.1, -0.05) is 37.3 Å². The van der Waals surface area contributed by atoms with Crippen molar-refractivity contribution in [1.82, 2.24) is 14.9 Å². The van der Waals surface area contributed by atoms with Gasteiger partial charge in [0.25, 0.3) is 11.5 Å². The predicted octanol–water partition coefficient (Wildman–Crippen LogP) is 3.24. The fourth-order valence-corrected chi connectivity index (χ4v) is 4.16. The largest absolute Gasteiger partial charge is 0.349 e. The molecule has 4 rings (SSSR count). The summed E-state index contributed by atoms with van der Waals surface area (Å²) in [5, 5.41) is 3.49. The van der Waals surface area contributed by atoms with E-state index in [1.54, 1.807) is 18.2 Å². The van der Waals surface area contributed by atoms with E-state index in [2.05, 4.69) is 17.2 Å². The van der Waals surface area contributed by atoms with Crippen LogP contribution in [0.2, 0.25) is 0 Å². The summed E-state index contributed by atoms with van der Waals surface area (Å²) in [6.45, 7) is 2.54. The highest BCUT2D eigenvalue weighted by Gasteiger charge is 2.20. The second-order valence-electron chi connectivity index (χ2n) is 8.31. The molecule has 0 aliphatic heterocycles. The van der Waals surface area contributed by atoms with E-state index in [0.717, 1.165) is 31.2 Å². The van der Waals surface area contributed by atoms with Gasteiger partial charge in [0.15, 0.2) is 0 Å². The second-order valence-corrected chi connectivity index (χ2v) is 8.31. The van der Waals surface area contributed by atoms with Crippen molar-refractivity contribution in [3.63, 3.8) is 0 Å². The number of benzene rings is 2. The van der Waals surface area contributed by atoms with Crippen molar-refractivity contribution in [2.75, 3.05) is 0 Å². The monoisotopic (exact) mass is 405 g/mol. The minimum Gasteiger partial charge on any atom is -0.349 e. The molecule has 6 heteroatoms. The molecular formula is C24H27N3O3. The molecule has 1 aliphatic carbocycles. The Labute approximate surface area is 174 Å². The van der Waals surface area contributed by atoms with Crippen LogP contribution in [0.3, 0.4) is 0 Å². The molecule has 0 saturated heterocycles. The van der Waals surface area contributed by atoms with Crippen molar-refractivity contribution in [3.05, 3.63) is 80.5 Å². The third-order valence-corrected chi connectivity index (χ3v) is 6.06. The number of aryl methyl sites for hydroxylation is 1. The average Bonchev–Trinajstić information content (AvgIpc) is 2.75. The molecule has 1 aliphatic rings. The number of hydrogen-bond acceptors (Lipinski definition) is 3. The Balaban J connectivity index is 1.54. The Morgan fingerprint density at radius 3 is 2.53 bits per heavy atom. The fourth-order valence-electron chi connectivity index (χ4n) is 4.16. The van der Waals surface area contributed by atoms with Crippen LogP contribution in [-0.4, -0.2) is 21.5 Å². The maximum atomic E-state index is 12.8. The summed E-state index contributed by atoms with van der Waals surface area (Å²) in [6, 6.07) is 14.8. The first-order chi connectivity index (χ1) is 14.5. The standard InChI is InChI=1S/C24H27N3O3/c1-16-7-10-19(11-8-16)25-22(28)18-9-12-20-21(15-18)26-24(30)27(23(20)29)14-13-17-5-3-2-4-6-17/h2-6,9,12,15-16,19H,7-8,10-11,13-14H2,1H3,(H,25,28)(H,26,30). The van der Waals surface area contributed by atoms with Gasteiger partial charge in [-0.2, -0.15) is 0 Å². The molecule has 1 fully saturated rings. The van der Waals surface area contributed by atoms with E-state index in [1.807, 2.05) is 30.3 Å². The zero-order valence-corrected chi connectivity index (χ0v) is 17.2. The van der Waals surface area contributed by atoms with E-state index >= 15 is 0 Å². The highest BCUT2D eigenvalue weighted by Crippen LogP contribution is 2.23. The Kier molecular flexibility index (Phi) is 5.84. The van der Waals surface area contributed by atoms with Crippen LogP contribution in [0.15, 0.2) is 58.1 Å². The normalized spacial score (nSPS) is 19.0. The molecule has 0 radical (unpaired) electrons. The van der Waals surface area contributed by atoms with Gasteiger partial charge in [0.05, 0.1) is 10.9 Å². The third kappa shape index (κ3) is 4.37. The quantitative estimate of drug-likeness (QED) is 0.683. The maximum absolute atomic E-state index is 12.8. The number of amides is 1. The van der Waals surface area contributed by atoms with E-state index in [0.29, 0.717) is 35.3 Å². The highest BCUT2D eigenvalue weighted by atomic mass is 16.2. The van der Waals surface area contributed by atoms with Gasteiger partial charge in [0.2, 0.25) is 0 Å². The van der Waals surface area contributed by atoms with Crippen LogP contribution in [0.5, 0.6) is 0 Å². The van der Waals surface area contributed by atoms with Crippen molar-refractivity contribution in [1.29, 1.82) is 0 Å². The van der Waals surface area contributed by atoms with Gasteiger partial charge >= 0.3 is 5.69 Å². The molecule has 0 bridgehead atoms. The van der Waals surface area contributed by atoms with Crippen LogP contribution in [-0.2, 0) is 13.0 Å². The number of nitrogens with zero attached hydrogens (tertiary/aromatic N) is 1. The molecule has 1 amide bonds. The van der Waals surface area contributed by atoms with Gasteiger partial charge in [0.1, 0.15) is 0 Å². The number of aromatic amines is 1. The predicted molar refractivity (Wildman–Crippen MR) is 118 cm³/mol. The molecule has 1 saturated carbocycles. The van der Waals surface area contributed by atoms with Crippen LogP contribution in [0.1, 0.15) is 48.5 Å². The highest BCUT2D eigenvalue weighted by molar-refractivity contribution is 5.97. The zero-order chi connectivity index (χ0) is 21.1. The van der Waals surface area contributed by atoms with E-state index in [1.165, 1.54) is 4.57 Å². The smallest absolute Gasteiger partial charge is 0.328 e. The van der Waals surface area contributed by atoms with Gasteiger partial charge < -0.3 is 10.3 Å². The van der Waals surface area contributed by atoms with Gasteiger partial charge in [-0.25, -0.2) is 4.79 Å². The van der Waals surface area contributed by atoms with E-state index in [4.69, 9.17) is 0 Å². The van der Waals surface area contributed by atoms with Crippen molar-refractivity contribution in [2.45, 2.75) is 51.6 Å². The molecule has 30 heavy (non-hydrogen) atoms. The molecule has 2 N–H and O–H groups in total. The van der Waals surface area contributed by atoms with Crippen LogP contribution in [0, 0.1) is 5.92 Å². The molecule has 6 nitrogen and oxygen atoms in total. The van der Waals surface area contributed by atoms with Gasteiger partial charge in [-0.3, -0.25) is 14.2 Å². The Bertz CT molecular complexity index is 1160. The zero-order valence-electron chi connectivity index (χ0n) is 17.2. The lowest BCUT2D eigenvalue weighted by Gasteiger charge is -2.26. The number of rotatable bonds is 5. The number of H-pyrrole nitrogens is 1. The SMILES string of the molecule is CC1CCC(NC(=O)c2ccc3c(=O)n(CCc4ccccc4)c(=O)[nH]c3c2)CC1. The number of carbonyl (C=O) groups excluding carboxylic acids is 1. The molecule has 156 valence electrons. The number of hydrogen-bond donors (Lipinski definition) is 2. The van der Waals surface area contributed by atoms with E-state index in [9.17, 15) is 14.4 Å². The molecular weight excluding hydrogens is 378 g/mol. The summed E-state index contributed by atoms with van der Waals surface area (Å²) in [5.74, 6) is 0.554. The molecule has 0 spiro atoms. The minimum absolute atomic E-state index is 0.162. The summed E-state index contributed by atoms with van der Waals surface area (Å²) in [5.41, 5.74) is 1.12. The third-order valence-electron chi connectivity index (χ3n) is 6.06. The lowest BCUT2D eigenvalue weighted by molar-refractivity contribution is 0.0923. The van der Waals surface area contributed by atoms with Crippen LogP contribution < -0.4 is 16.6 Å². The van der Waals surface area contributed by atoms with Crippen molar-refractivity contribution >= 4 is 16.8 Å². The molecule has 3 aromatic rings. The van der Waals surface area contributed by atoms with Crippen molar-refractivity contribution in [3.8, 4) is 0 Å². The molecule has 1 heterocycles.